The molecule has 150 valence electrons. The number of aromatic nitrogens is 1. The van der Waals surface area contributed by atoms with Crippen molar-refractivity contribution in [2.45, 2.75) is 27.3 Å². The van der Waals surface area contributed by atoms with Gasteiger partial charge in [0.05, 0.1) is 12.2 Å². The van der Waals surface area contributed by atoms with Gasteiger partial charge >= 0.3 is 0 Å². The molecule has 6 nitrogen and oxygen atoms in total. The van der Waals surface area contributed by atoms with Crippen molar-refractivity contribution in [1.29, 1.82) is 0 Å². The number of amides is 1. The number of nitrogens with two attached hydrogens (primary N) is 1. The number of anilines is 1. The second kappa shape index (κ2) is 10.6. The van der Waals surface area contributed by atoms with Gasteiger partial charge in [-0.15, -0.1) is 0 Å². The Bertz CT molecular complexity index is 1030. The van der Waals surface area contributed by atoms with Crippen LogP contribution in [0.5, 0.6) is 0 Å². The van der Waals surface area contributed by atoms with Crippen LogP contribution in [0.4, 0.5) is 5.82 Å². The number of aryl methyl sites for hydroxylation is 1. The number of fused-ring (bicyclic) bond motifs is 1. The normalized spacial score (nSPS) is 11.2. The molecule has 0 aliphatic heterocycles. The Morgan fingerprint density at radius 3 is 2.69 bits per heavy atom. The van der Waals surface area contributed by atoms with E-state index in [1.54, 1.807) is 12.3 Å². The van der Waals surface area contributed by atoms with Crippen LogP contribution in [0.15, 0.2) is 58.1 Å². The first kappa shape index (κ1) is 21.6. The van der Waals surface area contributed by atoms with Gasteiger partial charge in [0.1, 0.15) is 17.2 Å². The summed E-state index contributed by atoms with van der Waals surface area (Å²) in [5.41, 5.74) is 10.2. The number of nitrogens with one attached hydrogen (secondary N) is 1. The van der Waals surface area contributed by atoms with Crippen molar-refractivity contribution in [2.75, 3.05) is 5.73 Å². The summed E-state index contributed by atoms with van der Waals surface area (Å²) < 4.78 is 5.72. The molecule has 2 aromatic heterocycles. The lowest BCUT2D eigenvalue weighted by molar-refractivity contribution is -0.109. The predicted molar refractivity (Wildman–Crippen MR) is 120 cm³/mol. The molecule has 3 aromatic rings. The fraction of sp³-hybridized carbons (Fsp3) is 0.174. The van der Waals surface area contributed by atoms with Gasteiger partial charge in [0, 0.05) is 17.1 Å². The van der Waals surface area contributed by atoms with Crippen molar-refractivity contribution in [3.05, 3.63) is 71.1 Å². The van der Waals surface area contributed by atoms with Crippen molar-refractivity contribution in [3.63, 3.8) is 0 Å². The van der Waals surface area contributed by atoms with E-state index in [0.29, 0.717) is 18.8 Å². The number of pyridine rings is 1. The number of nitrogen functional groups attached to an aromatic ring is 1. The van der Waals surface area contributed by atoms with Gasteiger partial charge < -0.3 is 15.5 Å². The van der Waals surface area contributed by atoms with Crippen molar-refractivity contribution in [2.24, 2.45) is 4.99 Å². The molecule has 0 spiro atoms. The maximum atomic E-state index is 10.3. The Kier molecular flexibility index (Phi) is 7.91. The molecule has 1 amide bonds. The smallest absolute Gasteiger partial charge is 0.207 e. The van der Waals surface area contributed by atoms with Crippen LogP contribution in [0.2, 0.25) is 0 Å². The molecule has 3 N–H and O–H groups in total. The minimum Gasteiger partial charge on any atom is -0.459 e. The van der Waals surface area contributed by atoms with E-state index >= 15 is 0 Å². The van der Waals surface area contributed by atoms with Crippen LogP contribution in [0.1, 0.15) is 36.3 Å². The van der Waals surface area contributed by atoms with Gasteiger partial charge in [0.2, 0.25) is 6.41 Å². The lowest BCUT2D eigenvalue weighted by Crippen LogP contribution is -2.08. The molecule has 0 bridgehead atoms. The molecule has 0 saturated carbocycles. The number of hydrogen-bond acceptors (Lipinski definition) is 5. The van der Waals surface area contributed by atoms with E-state index in [1.807, 2.05) is 63.3 Å². The summed E-state index contributed by atoms with van der Waals surface area (Å²) in [6.45, 7) is 9.85. The van der Waals surface area contributed by atoms with Gasteiger partial charge in [-0.2, -0.15) is 0 Å². The topological polar surface area (TPSA) is 93.5 Å². The van der Waals surface area contributed by atoms with Crippen molar-refractivity contribution < 1.29 is 9.21 Å². The van der Waals surface area contributed by atoms with E-state index in [4.69, 9.17) is 10.2 Å². The second-order valence-electron chi connectivity index (χ2n) is 6.27. The number of rotatable bonds is 6. The standard InChI is InChI=1S/C15H16N2O2.C8H10N2/c1-4-14(16-3)11-5-10(2)15-12(6-11)7-13(19-15)8-17-9-18;1-2-3-7-4-5-8(9)10-6-7/h4-7,9H,3,8H2,1-2H3,(H,17,18);2-6H,1H3,(H2,9,10)/b14-4-;3-2+. The van der Waals surface area contributed by atoms with E-state index in [9.17, 15) is 4.79 Å². The average molecular weight is 390 g/mol. The number of carbonyl (C=O) groups is 1. The quantitative estimate of drug-likeness (QED) is 0.469. The molecule has 29 heavy (non-hydrogen) atoms. The van der Waals surface area contributed by atoms with Gasteiger partial charge in [-0.3, -0.25) is 9.79 Å². The van der Waals surface area contributed by atoms with Gasteiger partial charge in [0.15, 0.2) is 0 Å². The van der Waals surface area contributed by atoms with E-state index in [0.717, 1.165) is 39.1 Å². The molecule has 0 atom stereocenters. The average Bonchev–Trinajstić information content (AvgIpc) is 3.13. The van der Waals surface area contributed by atoms with Gasteiger partial charge in [-0.1, -0.05) is 18.2 Å². The van der Waals surface area contributed by atoms with E-state index in [-0.39, 0.29) is 0 Å². The van der Waals surface area contributed by atoms with Crippen molar-refractivity contribution in [3.8, 4) is 0 Å². The minimum absolute atomic E-state index is 0.392. The largest absolute Gasteiger partial charge is 0.459 e. The summed E-state index contributed by atoms with van der Waals surface area (Å²) in [6.07, 6.45) is 8.27. The molecule has 2 heterocycles. The summed E-state index contributed by atoms with van der Waals surface area (Å²) in [5.74, 6) is 1.30. The molecule has 0 aliphatic rings. The fourth-order valence-corrected chi connectivity index (χ4v) is 2.82. The minimum atomic E-state index is 0.392. The number of nitrogens with zero attached hydrogens (tertiary/aromatic N) is 2. The Balaban J connectivity index is 0.000000253. The van der Waals surface area contributed by atoms with Gasteiger partial charge in [-0.25, -0.2) is 4.98 Å². The van der Waals surface area contributed by atoms with Crippen LogP contribution >= 0.6 is 0 Å². The molecule has 0 aliphatic carbocycles. The molecule has 0 unspecified atom stereocenters. The monoisotopic (exact) mass is 390 g/mol. The van der Waals surface area contributed by atoms with Crippen LogP contribution in [-0.2, 0) is 11.3 Å². The molecule has 6 heteroatoms. The van der Waals surface area contributed by atoms with Crippen LogP contribution in [0.3, 0.4) is 0 Å². The molecule has 0 saturated heterocycles. The first-order valence-corrected chi connectivity index (χ1v) is 9.20. The SMILES string of the molecule is C/C=C/c1ccc(N)nc1.C=N/C(=C\C)c1cc(C)c2oc(CNC=O)cc2c1. The fourth-order valence-electron chi connectivity index (χ4n) is 2.82. The predicted octanol–water partition coefficient (Wildman–Crippen LogP) is 4.75. The van der Waals surface area contributed by atoms with Crippen LogP contribution in [0.25, 0.3) is 22.7 Å². The first-order valence-electron chi connectivity index (χ1n) is 9.20. The highest BCUT2D eigenvalue weighted by Gasteiger charge is 2.09. The third kappa shape index (κ3) is 5.90. The number of furan rings is 1. The van der Waals surface area contributed by atoms with Gasteiger partial charge in [0.25, 0.3) is 0 Å². The van der Waals surface area contributed by atoms with E-state index < -0.39 is 0 Å². The highest BCUT2D eigenvalue weighted by atomic mass is 16.3. The summed E-state index contributed by atoms with van der Waals surface area (Å²) >= 11 is 0. The Morgan fingerprint density at radius 1 is 1.31 bits per heavy atom. The van der Waals surface area contributed by atoms with E-state index in [2.05, 4.69) is 22.0 Å². The lowest BCUT2D eigenvalue weighted by atomic mass is 10.1. The summed E-state index contributed by atoms with van der Waals surface area (Å²) in [5, 5.41) is 3.59. The molecule has 0 radical (unpaired) electrons. The molecular weight excluding hydrogens is 364 g/mol. The second-order valence-corrected chi connectivity index (χ2v) is 6.27. The van der Waals surface area contributed by atoms with Crippen molar-refractivity contribution in [1.82, 2.24) is 10.3 Å². The van der Waals surface area contributed by atoms with Crippen molar-refractivity contribution >= 4 is 41.7 Å². The number of benzene rings is 1. The highest BCUT2D eigenvalue weighted by Crippen LogP contribution is 2.28. The maximum Gasteiger partial charge on any atom is 0.207 e. The molecule has 0 fully saturated rings. The first-order chi connectivity index (χ1) is 14.0. The molecular formula is C23H26N4O2. The van der Waals surface area contributed by atoms with Crippen LogP contribution in [0, 0.1) is 6.92 Å². The third-order valence-electron chi connectivity index (χ3n) is 4.12. The zero-order chi connectivity index (χ0) is 21.2. The van der Waals surface area contributed by atoms with Gasteiger partial charge in [-0.05, 0) is 68.9 Å². The Hall–Kier alpha value is -3.67. The lowest BCUT2D eigenvalue weighted by Gasteiger charge is -2.03. The number of allylic oxidation sites excluding steroid dienone is 2. The zero-order valence-electron chi connectivity index (χ0n) is 17.0. The maximum absolute atomic E-state index is 10.3. The summed E-state index contributed by atoms with van der Waals surface area (Å²) in [7, 11) is 0. The summed E-state index contributed by atoms with van der Waals surface area (Å²) in [4.78, 5) is 18.2. The number of hydrogen-bond donors (Lipinski definition) is 2. The zero-order valence-corrected chi connectivity index (χ0v) is 17.0. The Labute approximate surface area is 170 Å². The third-order valence-corrected chi connectivity index (χ3v) is 4.12. The van der Waals surface area contributed by atoms with E-state index in [1.165, 1.54) is 0 Å². The summed E-state index contributed by atoms with van der Waals surface area (Å²) in [6, 6.07) is 9.68. The number of carbonyl (C=O) groups excluding carboxylic acids is 1. The molecule has 1 aromatic carbocycles. The van der Waals surface area contributed by atoms with Crippen LogP contribution in [-0.4, -0.2) is 18.1 Å². The number of aliphatic imine (C=N–C) groups is 1. The van der Waals surface area contributed by atoms with Crippen LogP contribution < -0.4 is 11.1 Å². The highest BCUT2D eigenvalue weighted by molar-refractivity contribution is 5.86. The Morgan fingerprint density at radius 2 is 2.10 bits per heavy atom. The molecule has 3 rings (SSSR count).